The molecule has 2 aliphatic rings. The van der Waals surface area contributed by atoms with Crippen molar-refractivity contribution in [2.24, 2.45) is 5.73 Å². The molecule has 0 spiro atoms. The van der Waals surface area contributed by atoms with Crippen molar-refractivity contribution < 1.29 is 4.79 Å². The first-order valence-corrected chi connectivity index (χ1v) is 10.2. The molecule has 1 aliphatic heterocycles. The molecule has 2 N–H and O–H groups in total. The van der Waals surface area contributed by atoms with Gasteiger partial charge in [-0.3, -0.25) is 9.80 Å². The van der Waals surface area contributed by atoms with E-state index in [0.717, 1.165) is 22.4 Å². The van der Waals surface area contributed by atoms with Gasteiger partial charge in [0.2, 0.25) is 0 Å². The van der Waals surface area contributed by atoms with Gasteiger partial charge in [0.1, 0.15) is 5.82 Å². The summed E-state index contributed by atoms with van der Waals surface area (Å²) in [6.07, 6.45) is 1.14. The van der Waals surface area contributed by atoms with E-state index in [1.807, 2.05) is 73.5 Å². The molecule has 2 aromatic rings. The highest BCUT2D eigenvalue weighted by molar-refractivity contribution is 6.00. The molecule has 0 unspecified atom stereocenters. The van der Waals surface area contributed by atoms with Crippen LogP contribution in [0.25, 0.3) is 0 Å². The highest BCUT2D eigenvalue weighted by Crippen LogP contribution is 2.48. The van der Waals surface area contributed by atoms with Gasteiger partial charge in [0.15, 0.2) is 5.78 Å². The lowest BCUT2D eigenvalue weighted by Gasteiger charge is -2.43. The molecule has 2 aromatic carbocycles. The van der Waals surface area contributed by atoms with Gasteiger partial charge in [-0.15, -0.1) is 0 Å². The summed E-state index contributed by atoms with van der Waals surface area (Å²) in [5, 5.41) is 13.7. The smallest absolute Gasteiger partial charge is 0.162 e. The Balaban J connectivity index is 1.89. The van der Waals surface area contributed by atoms with Crippen LogP contribution in [0.1, 0.15) is 41.4 Å². The van der Waals surface area contributed by atoms with Gasteiger partial charge >= 0.3 is 0 Å². The Morgan fingerprint density at radius 3 is 2.30 bits per heavy atom. The van der Waals surface area contributed by atoms with Crippen LogP contribution in [0, 0.1) is 18.3 Å². The van der Waals surface area contributed by atoms with Crippen molar-refractivity contribution in [2.75, 3.05) is 14.1 Å². The molecule has 1 heterocycles. The molecule has 0 amide bonds. The summed E-state index contributed by atoms with van der Waals surface area (Å²) in [6, 6.07) is 20.5. The molecular weight excluding hydrogens is 372 g/mol. The van der Waals surface area contributed by atoms with Crippen molar-refractivity contribution in [3.05, 3.63) is 94.0 Å². The largest absolute Gasteiger partial charge is 0.383 e. The number of hydrogen-bond donors (Lipinski definition) is 1. The average molecular weight is 399 g/mol. The minimum absolute atomic E-state index is 0.0859. The number of carbonyl (C=O) groups excluding carboxylic acids is 1. The maximum absolute atomic E-state index is 13.5. The molecule has 0 saturated heterocycles. The Morgan fingerprint density at radius 2 is 1.70 bits per heavy atom. The third-order valence-electron chi connectivity index (χ3n) is 6.02. The van der Waals surface area contributed by atoms with E-state index >= 15 is 0 Å². The number of ketones is 1. The van der Waals surface area contributed by atoms with Crippen molar-refractivity contribution in [2.45, 2.75) is 31.6 Å². The van der Waals surface area contributed by atoms with Crippen LogP contribution >= 0.6 is 0 Å². The van der Waals surface area contributed by atoms with Crippen molar-refractivity contribution in [1.29, 1.82) is 5.26 Å². The number of rotatable bonds is 3. The summed E-state index contributed by atoms with van der Waals surface area (Å²) in [4.78, 5) is 13.5. The second kappa shape index (κ2) is 7.81. The van der Waals surface area contributed by atoms with Crippen molar-refractivity contribution in [3.63, 3.8) is 0 Å². The first-order valence-electron chi connectivity index (χ1n) is 10.2. The standard InChI is InChI=1S/C25H26N4O/c1-16-9-11-18(12-10-16)23-20(15-26)25(27)29(28(2)3)21-13-19(14-22(30)24(21)23)17-7-5-4-6-8-17/h4-12,19,23H,13-14,27H2,1-3H3/t19-,23+/m1/s1. The fraction of sp³-hybridized carbons (Fsp3) is 0.280. The topological polar surface area (TPSA) is 73.4 Å². The average Bonchev–Trinajstić information content (AvgIpc) is 2.73. The minimum atomic E-state index is -0.425. The monoisotopic (exact) mass is 398 g/mol. The molecule has 0 saturated carbocycles. The maximum atomic E-state index is 13.5. The number of Topliss-reactive ketones (excluding diaryl/α,β-unsaturated/α-hetero) is 1. The Morgan fingerprint density at radius 1 is 1.03 bits per heavy atom. The predicted molar refractivity (Wildman–Crippen MR) is 117 cm³/mol. The van der Waals surface area contributed by atoms with E-state index in [0.29, 0.717) is 29.8 Å². The van der Waals surface area contributed by atoms with Crippen LogP contribution < -0.4 is 5.73 Å². The van der Waals surface area contributed by atoms with Gasteiger partial charge in [-0.05, 0) is 30.4 Å². The lowest BCUT2D eigenvalue weighted by Crippen LogP contribution is -2.46. The number of allylic oxidation sites excluding steroid dienone is 3. The SMILES string of the molecule is Cc1ccc([C@H]2C(C#N)=C(N)N(N(C)C)C3=C2C(=O)C[C@H](c2ccccc2)C3)cc1. The lowest BCUT2D eigenvalue weighted by molar-refractivity contribution is -0.117. The quantitative estimate of drug-likeness (QED) is 0.847. The van der Waals surface area contributed by atoms with Crippen molar-refractivity contribution in [3.8, 4) is 6.07 Å². The first-order chi connectivity index (χ1) is 14.4. The first kappa shape index (κ1) is 19.9. The fourth-order valence-electron chi connectivity index (χ4n) is 4.62. The van der Waals surface area contributed by atoms with Gasteiger partial charge in [-0.2, -0.15) is 5.26 Å². The van der Waals surface area contributed by atoms with Gasteiger partial charge in [0, 0.05) is 31.8 Å². The molecule has 0 fully saturated rings. The van der Waals surface area contributed by atoms with E-state index in [2.05, 4.69) is 18.2 Å². The third kappa shape index (κ3) is 3.30. The molecule has 152 valence electrons. The summed E-state index contributed by atoms with van der Waals surface area (Å²) in [5.74, 6) is 0.150. The number of carbonyl (C=O) groups is 1. The molecule has 4 rings (SSSR count). The molecule has 0 radical (unpaired) electrons. The van der Waals surface area contributed by atoms with Crippen LogP contribution in [0.15, 0.2) is 77.3 Å². The Bertz CT molecular complexity index is 1070. The van der Waals surface area contributed by atoms with Gasteiger partial charge in [-0.25, -0.2) is 5.01 Å². The van der Waals surface area contributed by atoms with Crippen LogP contribution in [0.4, 0.5) is 0 Å². The Kier molecular flexibility index (Phi) is 5.19. The van der Waals surface area contributed by atoms with Crippen LogP contribution in [0.3, 0.4) is 0 Å². The van der Waals surface area contributed by atoms with E-state index in [4.69, 9.17) is 5.73 Å². The number of hydrogen-bond acceptors (Lipinski definition) is 5. The van der Waals surface area contributed by atoms with Crippen LogP contribution in [0.5, 0.6) is 0 Å². The number of benzene rings is 2. The van der Waals surface area contributed by atoms with Crippen LogP contribution in [-0.2, 0) is 4.79 Å². The summed E-state index contributed by atoms with van der Waals surface area (Å²) in [7, 11) is 3.77. The van der Waals surface area contributed by atoms with Crippen molar-refractivity contribution >= 4 is 5.78 Å². The fourth-order valence-corrected chi connectivity index (χ4v) is 4.62. The molecule has 30 heavy (non-hydrogen) atoms. The summed E-state index contributed by atoms with van der Waals surface area (Å²) in [5.41, 5.74) is 11.8. The maximum Gasteiger partial charge on any atom is 0.162 e. The van der Waals surface area contributed by atoms with Gasteiger partial charge in [0.25, 0.3) is 0 Å². The summed E-state index contributed by atoms with van der Waals surface area (Å²) in [6.45, 7) is 2.02. The Labute approximate surface area is 177 Å². The second-order valence-corrected chi connectivity index (χ2v) is 8.21. The number of nitriles is 1. The Hall–Kier alpha value is -3.36. The number of hydrazine groups is 1. The minimum Gasteiger partial charge on any atom is -0.383 e. The number of nitrogens with two attached hydrogens (primary N) is 1. The zero-order valence-electron chi connectivity index (χ0n) is 17.6. The van der Waals surface area contributed by atoms with E-state index in [9.17, 15) is 10.1 Å². The molecule has 1 aliphatic carbocycles. The van der Waals surface area contributed by atoms with Crippen LogP contribution in [-0.4, -0.2) is 29.9 Å². The highest BCUT2D eigenvalue weighted by Gasteiger charge is 2.43. The van der Waals surface area contributed by atoms with E-state index in [1.165, 1.54) is 0 Å². The van der Waals surface area contributed by atoms with Gasteiger partial charge in [0.05, 0.1) is 17.6 Å². The number of nitrogens with zero attached hydrogens (tertiary/aromatic N) is 3. The number of aryl methyl sites for hydroxylation is 1. The zero-order valence-corrected chi connectivity index (χ0v) is 17.6. The molecule has 0 aromatic heterocycles. The van der Waals surface area contributed by atoms with Gasteiger partial charge < -0.3 is 5.73 Å². The molecule has 0 bridgehead atoms. The van der Waals surface area contributed by atoms with E-state index < -0.39 is 5.92 Å². The van der Waals surface area contributed by atoms with E-state index in [1.54, 1.807) is 0 Å². The predicted octanol–water partition coefficient (Wildman–Crippen LogP) is 3.97. The van der Waals surface area contributed by atoms with Crippen LogP contribution in [0.2, 0.25) is 0 Å². The zero-order chi connectivity index (χ0) is 21.4. The molecule has 2 atom stereocenters. The van der Waals surface area contributed by atoms with E-state index in [-0.39, 0.29) is 11.7 Å². The summed E-state index contributed by atoms with van der Waals surface area (Å²) < 4.78 is 0. The van der Waals surface area contributed by atoms with Gasteiger partial charge in [-0.1, -0.05) is 60.2 Å². The summed E-state index contributed by atoms with van der Waals surface area (Å²) >= 11 is 0. The molecular formula is C25H26N4O. The second-order valence-electron chi connectivity index (χ2n) is 8.21. The van der Waals surface area contributed by atoms with Crippen molar-refractivity contribution in [1.82, 2.24) is 10.0 Å². The highest BCUT2D eigenvalue weighted by atomic mass is 16.1. The molecule has 5 heteroatoms. The third-order valence-corrected chi connectivity index (χ3v) is 6.02. The normalized spacial score (nSPS) is 21.7. The molecule has 5 nitrogen and oxygen atoms in total. The lowest BCUT2D eigenvalue weighted by atomic mass is 9.72.